The molecule has 1 saturated carbocycles. The van der Waals surface area contributed by atoms with Crippen LogP contribution in [0.15, 0.2) is 22.7 Å². The molecule has 3 nitrogen and oxygen atoms in total. The Bertz CT molecular complexity index is 394. The number of methoxy groups -OCH3 is 1. The number of hydrogen-bond donors (Lipinski definition) is 1. The highest BCUT2D eigenvalue weighted by atomic mass is 79.9. The predicted octanol–water partition coefficient (Wildman–Crippen LogP) is 3.36. The molecular formula is C15H22BrNO2. The van der Waals surface area contributed by atoms with Crippen LogP contribution in [-0.2, 0) is 11.3 Å². The standard InChI is InChI=1S/C15H22BrNO2/c1-18-8-7-17-10-13-5-6-15(14(16)9-13)19-11-12-3-2-4-12/h5-6,9,12,17H,2-4,7-8,10-11H2,1H3. The van der Waals surface area contributed by atoms with E-state index in [2.05, 4.69) is 39.4 Å². The van der Waals surface area contributed by atoms with Gasteiger partial charge in [-0.1, -0.05) is 12.5 Å². The third-order valence-corrected chi connectivity index (χ3v) is 4.13. The summed E-state index contributed by atoms with van der Waals surface area (Å²) < 4.78 is 11.9. The minimum absolute atomic E-state index is 0.740. The molecule has 0 unspecified atom stereocenters. The van der Waals surface area contributed by atoms with Gasteiger partial charge in [-0.25, -0.2) is 0 Å². The van der Waals surface area contributed by atoms with Crippen molar-refractivity contribution in [1.82, 2.24) is 5.32 Å². The zero-order chi connectivity index (χ0) is 13.5. The van der Waals surface area contributed by atoms with Gasteiger partial charge in [-0.3, -0.25) is 0 Å². The quantitative estimate of drug-likeness (QED) is 0.742. The van der Waals surface area contributed by atoms with Gasteiger partial charge < -0.3 is 14.8 Å². The second-order valence-electron chi connectivity index (χ2n) is 5.04. The van der Waals surface area contributed by atoms with Crippen LogP contribution in [0.4, 0.5) is 0 Å². The van der Waals surface area contributed by atoms with Gasteiger partial charge in [-0.15, -0.1) is 0 Å². The summed E-state index contributed by atoms with van der Waals surface area (Å²) in [5.74, 6) is 1.72. The van der Waals surface area contributed by atoms with Crippen LogP contribution in [0.25, 0.3) is 0 Å². The zero-order valence-corrected chi connectivity index (χ0v) is 13.0. The number of rotatable bonds is 8. The molecule has 1 aromatic carbocycles. The fourth-order valence-corrected chi connectivity index (χ4v) is 2.59. The molecule has 0 atom stereocenters. The Balaban J connectivity index is 1.78. The fraction of sp³-hybridized carbons (Fsp3) is 0.600. The first-order chi connectivity index (χ1) is 9.29. The molecule has 1 aromatic rings. The second kappa shape index (κ2) is 7.88. The lowest BCUT2D eigenvalue weighted by molar-refractivity contribution is 0.180. The Labute approximate surface area is 123 Å². The van der Waals surface area contributed by atoms with E-state index >= 15 is 0 Å². The van der Waals surface area contributed by atoms with E-state index in [0.29, 0.717) is 0 Å². The smallest absolute Gasteiger partial charge is 0.133 e. The Kier molecular flexibility index (Phi) is 6.14. The van der Waals surface area contributed by atoms with Gasteiger partial charge in [0.25, 0.3) is 0 Å². The largest absolute Gasteiger partial charge is 0.492 e. The van der Waals surface area contributed by atoms with Crippen LogP contribution in [0.5, 0.6) is 5.75 Å². The van der Waals surface area contributed by atoms with Crippen LogP contribution in [0.3, 0.4) is 0 Å². The van der Waals surface area contributed by atoms with E-state index in [0.717, 1.165) is 42.4 Å². The molecule has 0 bridgehead atoms. The average molecular weight is 328 g/mol. The molecule has 0 heterocycles. The maximum Gasteiger partial charge on any atom is 0.133 e. The second-order valence-corrected chi connectivity index (χ2v) is 5.90. The minimum Gasteiger partial charge on any atom is -0.492 e. The van der Waals surface area contributed by atoms with E-state index < -0.39 is 0 Å². The van der Waals surface area contributed by atoms with E-state index in [4.69, 9.17) is 9.47 Å². The first-order valence-electron chi connectivity index (χ1n) is 6.90. The van der Waals surface area contributed by atoms with Crippen LogP contribution in [0, 0.1) is 5.92 Å². The van der Waals surface area contributed by atoms with E-state index in [9.17, 15) is 0 Å². The molecule has 1 aliphatic rings. The molecule has 0 spiro atoms. The highest BCUT2D eigenvalue weighted by molar-refractivity contribution is 9.10. The molecule has 106 valence electrons. The van der Waals surface area contributed by atoms with Crippen LogP contribution in [0.1, 0.15) is 24.8 Å². The van der Waals surface area contributed by atoms with Crippen molar-refractivity contribution in [1.29, 1.82) is 0 Å². The molecule has 0 radical (unpaired) electrons. The molecule has 0 aromatic heterocycles. The minimum atomic E-state index is 0.740. The summed E-state index contributed by atoms with van der Waals surface area (Å²) in [6.45, 7) is 3.31. The number of halogens is 1. The Hall–Kier alpha value is -0.580. The third kappa shape index (κ3) is 4.79. The molecule has 0 amide bonds. The monoisotopic (exact) mass is 327 g/mol. The van der Waals surface area contributed by atoms with Crippen LogP contribution in [0.2, 0.25) is 0 Å². The molecular weight excluding hydrogens is 306 g/mol. The van der Waals surface area contributed by atoms with Crippen LogP contribution in [-0.4, -0.2) is 26.9 Å². The molecule has 1 fully saturated rings. The topological polar surface area (TPSA) is 30.5 Å². The lowest BCUT2D eigenvalue weighted by Crippen LogP contribution is -2.19. The molecule has 1 N–H and O–H groups in total. The molecule has 0 saturated heterocycles. The van der Waals surface area contributed by atoms with Gasteiger partial charge in [0.15, 0.2) is 0 Å². The van der Waals surface area contributed by atoms with Crippen LogP contribution >= 0.6 is 15.9 Å². The van der Waals surface area contributed by atoms with Crippen molar-refractivity contribution < 1.29 is 9.47 Å². The summed E-state index contributed by atoms with van der Waals surface area (Å²) in [5, 5.41) is 3.33. The molecule has 0 aliphatic heterocycles. The average Bonchev–Trinajstić information content (AvgIpc) is 2.35. The van der Waals surface area contributed by atoms with Crippen molar-refractivity contribution in [3.05, 3.63) is 28.2 Å². The van der Waals surface area contributed by atoms with Crippen molar-refractivity contribution in [3.63, 3.8) is 0 Å². The first kappa shape index (κ1) is 14.8. The summed E-state index contributed by atoms with van der Waals surface area (Å²) in [6, 6.07) is 6.28. The maximum absolute atomic E-state index is 5.85. The SMILES string of the molecule is COCCNCc1ccc(OCC2CCC2)c(Br)c1. The maximum atomic E-state index is 5.85. The van der Waals surface area contributed by atoms with E-state index in [1.54, 1.807) is 7.11 Å². The number of hydrogen-bond acceptors (Lipinski definition) is 3. The summed E-state index contributed by atoms with van der Waals surface area (Å²) in [5.41, 5.74) is 1.25. The van der Waals surface area contributed by atoms with Gasteiger partial charge in [0.2, 0.25) is 0 Å². The third-order valence-electron chi connectivity index (χ3n) is 3.51. The molecule has 1 aliphatic carbocycles. The highest BCUT2D eigenvalue weighted by Crippen LogP contribution is 2.30. The Morgan fingerprint density at radius 3 is 2.84 bits per heavy atom. The summed E-state index contributed by atoms with van der Waals surface area (Å²) >= 11 is 3.58. The van der Waals surface area contributed by atoms with Gasteiger partial charge >= 0.3 is 0 Å². The summed E-state index contributed by atoms with van der Waals surface area (Å²) in [7, 11) is 1.71. The fourth-order valence-electron chi connectivity index (χ4n) is 2.05. The Morgan fingerprint density at radius 2 is 2.21 bits per heavy atom. The molecule has 2 rings (SSSR count). The molecule has 4 heteroatoms. The highest BCUT2D eigenvalue weighted by Gasteiger charge is 2.18. The van der Waals surface area contributed by atoms with E-state index in [1.807, 2.05) is 0 Å². The van der Waals surface area contributed by atoms with Gasteiger partial charge in [-0.05, 0) is 52.4 Å². The normalized spacial score (nSPS) is 15.3. The molecule has 19 heavy (non-hydrogen) atoms. The Morgan fingerprint density at radius 1 is 1.37 bits per heavy atom. The van der Waals surface area contributed by atoms with E-state index in [1.165, 1.54) is 24.8 Å². The van der Waals surface area contributed by atoms with Gasteiger partial charge in [0.05, 0.1) is 17.7 Å². The van der Waals surface area contributed by atoms with Gasteiger partial charge in [-0.2, -0.15) is 0 Å². The van der Waals surface area contributed by atoms with Crippen molar-refractivity contribution in [2.24, 2.45) is 5.92 Å². The summed E-state index contributed by atoms with van der Waals surface area (Å²) in [4.78, 5) is 0. The van der Waals surface area contributed by atoms with Gasteiger partial charge in [0, 0.05) is 20.2 Å². The van der Waals surface area contributed by atoms with Crippen molar-refractivity contribution >= 4 is 15.9 Å². The lowest BCUT2D eigenvalue weighted by Gasteiger charge is -2.25. The van der Waals surface area contributed by atoms with Crippen LogP contribution < -0.4 is 10.1 Å². The van der Waals surface area contributed by atoms with Crippen molar-refractivity contribution in [3.8, 4) is 5.75 Å². The van der Waals surface area contributed by atoms with Crippen molar-refractivity contribution in [2.75, 3.05) is 26.9 Å². The van der Waals surface area contributed by atoms with E-state index in [-0.39, 0.29) is 0 Å². The van der Waals surface area contributed by atoms with Crippen molar-refractivity contribution in [2.45, 2.75) is 25.8 Å². The summed E-state index contributed by atoms with van der Waals surface area (Å²) in [6.07, 6.45) is 4.00. The number of nitrogens with one attached hydrogen (secondary N) is 1. The zero-order valence-electron chi connectivity index (χ0n) is 11.5. The first-order valence-corrected chi connectivity index (χ1v) is 7.70. The number of ether oxygens (including phenoxy) is 2. The number of benzene rings is 1. The lowest BCUT2D eigenvalue weighted by atomic mass is 9.86. The van der Waals surface area contributed by atoms with Gasteiger partial charge in [0.1, 0.15) is 5.75 Å². The predicted molar refractivity (Wildman–Crippen MR) is 80.6 cm³/mol.